The van der Waals surface area contributed by atoms with Gasteiger partial charge in [-0.1, -0.05) is 12.1 Å². The molecule has 0 unspecified atom stereocenters. The monoisotopic (exact) mass is 302 g/mol. The molecule has 1 aromatic heterocycles. The van der Waals surface area contributed by atoms with Crippen molar-refractivity contribution in [2.45, 2.75) is 0 Å². The predicted molar refractivity (Wildman–Crippen MR) is 79.7 cm³/mol. The Kier molecular flexibility index (Phi) is 4.86. The topological polar surface area (TPSA) is 98.8 Å². The Balaban J connectivity index is 1.87. The molecule has 8 nitrogen and oxygen atoms in total. The van der Waals surface area contributed by atoms with Crippen molar-refractivity contribution in [3.8, 4) is 5.75 Å². The second kappa shape index (κ2) is 7.02. The molecule has 0 aliphatic carbocycles. The van der Waals surface area contributed by atoms with Gasteiger partial charge in [0, 0.05) is 19.3 Å². The SMILES string of the molecule is Cn1cccc1/C=N/NC(=O)COc1ccccc1[N+](=O)[O-]. The molecular formula is C14H14N4O4. The van der Waals surface area contributed by atoms with E-state index in [2.05, 4.69) is 10.5 Å². The highest BCUT2D eigenvalue weighted by Gasteiger charge is 2.14. The Morgan fingerprint density at radius 3 is 2.86 bits per heavy atom. The molecular weight excluding hydrogens is 288 g/mol. The molecule has 0 atom stereocenters. The third-order valence-corrected chi connectivity index (χ3v) is 2.79. The number of ether oxygens (including phenoxy) is 1. The molecule has 1 N–H and O–H groups in total. The van der Waals surface area contributed by atoms with Crippen molar-refractivity contribution in [3.05, 3.63) is 58.4 Å². The average Bonchev–Trinajstić information content (AvgIpc) is 2.91. The van der Waals surface area contributed by atoms with E-state index < -0.39 is 10.8 Å². The number of hydrogen-bond donors (Lipinski definition) is 1. The summed E-state index contributed by atoms with van der Waals surface area (Å²) in [5.74, 6) is -0.474. The van der Waals surface area contributed by atoms with Crippen molar-refractivity contribution in [1.29, 1.82) is 0 Å². The number of nitrogens with zero attached hydrogens (tertiary/aromatic N) is 3. The summed E-state index contributed by atoms with van der Waals surface area (Å²) in [5, 5.41) is 14.6. The van der Waals surface area contributed by atoms with Crippen LogP contribution in [0.3, 0.4) is 0 Å². The molecule has 0 fully saturated rings. The maximum atomic E-state index is 11.6. The van der Waals surface area contributed by atoms with Gasteiger partial charge in [-0.15, -0.1) is 0 Å². The Morgan fingerprint density at radius 1 is 1.41 bits per heavy atom. The summed E-state index contributed by atoms with van der Waals surface area (Å²) < 4.78 is 6.97. The van der Waals surface area contributed by atoms with Crippen LogP contribution in [0.2, 0.25) is 0 Å². The van der Waals surface area contributed by atoms with Crippen molar-refractivity contribution in [3.63, 3.8) is 0 Å². The van der Waals surface area contributed by atoms with Crippen LogP contribution in [0.1, 0.15) is 5.69 Å². The number of carbonyl (C=O) groups is 1. The van der Waals surface area contributed by atoms with Crippen LogP contribution in [0, 0.1) is 10.1 Å². The third kappa shape index (κ3) is 3.92. The lowest BCUT2D eigenvalue weighted by Crippen LogP contribution is -2.24. The number of aryl methyl sites for hydroxylation is 1. The first-order valence-electron chi connectivity index (χ1n) is 6.37. The lowest BCUT2D eigenvalue weighted by Gasteiger charge is -2.05. The van der Waals surface area contributed by atoms with Gasteiger partial charge in [0.1, 0.15) is 0 Å². The maximum absolute atomic E-state index is 11.6. The number of hydrazone groups is 1. The highest BCUT2D eigenvalue weighted by Crippen LogP contribution is 2.25. The fourth-order valence-electron chi connectivity index (χ4n) is 1.68. The van der Waals surface area contributed by atoms with Crippen molar-refractivity contribution in [2.75, 3.05) is 6.61 Å². The number of rotatable bonds is 6. The van der Waals surface area contributed by atoms with Crippen LogP contribution in [0.4, 0.5) is 5.69 Å². The molecule has 0 spiro atoms. The van der Waals surface area contributed by atoms with E-state index in [-0.39, 0.29) is 18.0 Å². The van der Waals surface area contributed by atoms with Gasteiger partial charge in [-0.25, -0.2) is 5.43 Å². The van der Waals surface area contributed by atoms with E-state index in [4.69, 9.17) is 4.74 Å². The second-order valence-corrected chi connectivity index (χ2v) is 4.35. The number of amides is 1. The number of aromatic nitrogens is 1. The fraction of sp³-hybridized carbons (Fsp3) is 0.143. The number of nitro groups is 1. The number of nitrogens with one attached hydrogen (secondary N) is 1. The maximum Gasteiger partial charge on any atom is 0.310 e. The zero-order valence-corrected chi connectivity index (χ0v) is 11.8. The van der Waals surface area contributed by atoms with Crippen LogP contribution in [-0.4, -0.2) is 28.2 Å². The standard InChI is InChI=1S/C14H14N4O4/c1-17-8-4-5-11(17)9-15-16-14(19)10-22-13-7-3-2-6-12(13)18(20)21/h2-9H,10H2,1H3,(H,16,19)/b15-9+. The molecule has 1 amide bonds. The van der Waals surface area contributed by atoms with Crippen LogP contribution < -0.4 is 10.2 Å². The van der Waals surface area contributed by atoms with Crippen molar-refractivity contribution < 1.29 is 14.5 Å². The molecule has 2 aromatic rings. The van der Waals surface area contributed by atoms with E-state index in [9.17, 15) is 14.9 Å². The van der Waals surface area contributed by atoms with Gasteiger partial charge >= 0.3 is 5.69 Å². The minimum absolute atomic E-state index is 0.0362. The van der Waals surface area contributed by atoms with Gasteiger partial charge in [-0.05, 0) is 18.2 Å². The summed E-state index contributed by atoms with van der Waals surface area (Å²) in [6, 6.07) is 9.53. The molecule has 0 aliphatic rings. The second-order valence-electron chi connectivity index (χ2n) is 4.35. The number of hydrogen-bond acceptors (Lipinski definition) is 5. The predicted octanol–water partition coefficient (Wildman–Crippen LogP) is 1.46. The van der Waals surface area contributed by atoms with E-state index in [1.807, 2.05) is 29.9 Å². The summed E-state index contributed by atoms with van der Waals surface area (Å²) in [5.41, 5.74) is 2.92. The first-order chi connectivity index (χ1) is 10.6. The molecule has 22 heavy (non-hydrogen) atoms. The lowest BCUT2D eigenvalue weighted by molar-refractivity contribution is -0.385. The first-order valence-corrected chi connectivity index (χ1v) is 6.37. The van der Waals surface area contributed by atoms with Crippen LogP contribution in [-0.2, 0) is 11.8 Å². The summed E-state index contributed by atoms with van der Waals surface area (Å²) in [4.78, 5) is 21.8. The van der Waals surface area contributed by atoms with Crippen LogP contribution in [0.5, 0.6) is 5.75 Å². The number of benzene rings is 1. The van der Waals surface area contributed by atoms with E-state index in [1.54, 1.807) is 6.07 Å². The molecule has 1 aromatic carbocycles. The largest absolute Gasteiger partial charge is 0.477 e. The normalized spacial score (nSPS) is 10.6. The van der Waals surface area contributed by atoms with E-state index in [1.165, 1.54) is 24.4 Å². The molecule has 0 saturated carbocycles. The molecule has 0 radical (unpaired) electrons. The van der Waals surface area contributed by atoms with Gasteiger partial charge in [0.15, 0.2) is 12.4 Å². The van der Waals surface area contributed by atoms with Crippen molar-refractivity contribution in [2.24, 2.45) is 12.1 Å². The molecule has 114 valence electrons. The minimum atomic E-state index is -0.569. The smallest absolute Gasteiger partial charge is 0.310 e. The summed E-state index contributed by atoms with van der Waals surface area (Å²) in [7, 11) is 1.85. The summed E-state index contributed by atoms with van der Waals surface area (Å²) in [6.45, 7) is -0.366. The molecule has 2 rings (SSSR count). The molecule has 0 saturated heterocycles. The number of nitro benzene ring substituents is 1. The van der Waals surface area contributed by atoms with E-state index in [0.29, 0.717) is 0 Å². The average molecular weight is 302 g/mol. The quantitative estimate of drug-likeness (QED) is 0.496. The zero-order chi connectivity index (χ0) is 15.9. The Morgan fingerprint density at radius 2 is 2.18 bits per heavy atom. The van der Waals surface area contributed by atoms with E-state index in [0.717, 1.165) is 5.69 Å². The van der Waals surface area contributed by atoms with Crippen LogP contribution in [0.25, 0.3) is 0 Å². The highest BCUT2D eigenvalue weighted by molar-refractivity contribution is 5.81. The molecule has 0 aliphatic heterocycles. The van der Waals surface area contributed by atoms with Crippen molar-refractivity contribution >= 4 is 17.8 Å². The fourth-order valence-corrected chi connectivity index (χ4v) is 1.68. The lowest BCUT2D eigenvalue weighted by atomic mass is 10.3. The Hall–Kier alpha value is -3.16. The number of para-hydroxylation sites is 2. The van der Waals surface area contributed by atoms with Gasteiger partial charge in [0.25, 0.3) is 5.91 Å². The first kappa shape index (κ1) is 15.2. The highest BCUT2D eigenvalue weighted by atomic mass is 16.6. The Labute approximate surface area is 126 Å². The minimum Gasteiger partial charge on any atom is -0.477 e. The molecule has 0 bridgehead atoms. The van der Waals surface area contributed by atoms with Crippen LogP contribution >= 0.6 is 0 Å². The van der Waals surface area contributed by atoms with Gasteiger partial charge < -0.3 is 9.30 Å². The van der Waals surface area contributed by atoms with Gasteiger partial charge in [-0.2, -0.15) is 5.10 Å². The zero-order valence-electron chi connectivity index (χ0n) is 11.8. The van der Waals surface area contributed by atoms with Gasteiger partial charge in [-0.3, -0.25) is 14.9 Å². The molecule has 1 heterocycles. The number of carbonyl (C=O) groups excluding carboxylic acids is 1. The van der Waals surface area contributed by atoms with E-state index >= 15 is 0 Å². The van der Waals surface area contributed by atoms with Crippen molar-refractivity contribution in [1.82, 2.24) is 9.99 Å². The third-order valence-electron chi connectivity index (χ3n) is 2.79. The van der Waals surface area contributed by atoms with Gasteiger partial charge in [0.05, 0.1) is 16.8 Å². The molecule has 8 heteroatoms. The Bertz CT molecular complexity index is 708. The summed E-state index contributed by atoms with van der Waals surface area (Å²) in [6.07, 6.45) is 3.34. The van der Waals surface area contributed by atoms with Gasteiger partial charge in [0.2, 0.25) is 0 Å². The summed E-state index contributed by atoms with van der Waals surface area (Å²) >= 11 is 0. The van der Waals surface area contributed by atoms with Crippen LogP contribution in [0.15, 0.2) is 47.7 Å².